The van der Waals surface area contributed by atoms with Crippen LogP contribution in [0, 0.1) is 0 Å². The van der Waals surface area contributed by atoms with Crippen molar-refractivity contribution in [1.29, 1.82) is 0 Å². The third-order valence-corrected chi connectivity index (χ3v) is 4.01. The Morgan fingerprint density at radius 1 is 1.20 bits per heavy atom. The monoisotopic (exact) mass is 287 g/mol. The lowest BCUT2D eigenvalue weighted by molar-refractivity contribution is -0.137. The topological polar surface area (TPSA) is 32.5 Å². The summed E-state index contributed by atoms with van der Waals surface area (Å²) in [6, 6.07) is 3.58. The minimum atomic E-state index is -4.35. The molecule has 1 aliphatic rings. The van der Waals surface area contributed by atoms with Gasteiger partial charge < -0.3 is 10.6 Å². The van der Waals surface area contributed by atoms with Gasteiger partial charge in [0.15, 0.2) is 0 Å². The van der Waals surface area contributed by atoms with Gasteiger partial charge in [-0.2, -0.15) is 13.2 Å². The first-order valence-electron chi connectivity index (χ1n) is 6.54. The van der Waals surface area contributed by atoms with Crippen LogP contribution in [0.2, 0.25) is 0 Å². The van der Waals surface area contributed by atoms with Crippen LogP contribution in [0.1, 0.15) is 19.4 Å². The van der Waals surface area contributed by atoms with Crippen LogP contribution >= 0.6 is 0 Å². The van der Waals surface area contributed by atoms with E-state index in [4.69, 9.17) is 5.73 Å². The van der Waals surface area contributed by atoms with Crippen LogP contribution in [0.5, 0.6) is 0 Å². The molecule has 0 bridgehead atoms. The van der Waals surface area contributed by atoms with Gasteiger partial charge in [-0.05, 0) is 39.1 Å². The first-order valence-corrected chi connectivity index (χ1v) is 6.54. The predicted molar refractivity (Wildman–Crippen MR) is 74.8 cm³/mol. The molecule has 20 heavy (non-hydrogen) atoms. The molecule has 0 saturated carbocycles. The number of nitrogen functional groups attached to an aromatic ring is 1. The van der Waals surface area contributed by atoms with Gasteiger partial charge in [0.05, 0.1) is 16.9 Å². The van der Waals surface area contributed by atoms with E-state index in [0.717, 1.165) is 31.8 Å². The van der Waals surface area contributed by atoms with E-state index in [2.05, 4.69) is 23.6 Å². The summed E-state index contributed by atoms with van der Waals surface area (Å²) in [6.45, 7) is 6.57. The summed E-state index contributed by atoms with van der Waals surface area (Å²) >= 11 is 0. The molecule has 112 valence electrons. The van der Waals surface area contributed by atoms with Crippen molar-refractivity contribution in [2.75, 3.05) is 37.3 Å². The van der Waals surface area contributed by atoms with Gasteiger partial charge in [-0.3, -0.25) is 4.90 Å². The summed E-state index contributed by atoms with van der Waals surface area (Å²) in [6.07, 6.45) is -4.35. The molecule has 1 heterocycles. The summed E-state index contributed by atoms with van der Waals surface area (Å²) in [5.41, 5.74) is 5.94. The molecule has 1 aliphatic heterocycles. The van der Waals surface area contributed by atoms with Crippen LogP contribution in [-0.4, -0.2) is 37.1 Å². The maximum Gasteiger partial charge on any atom is 0.416 e. The minimum absolute atomic E-state index is 0.0343. The van der Waals surface area contributed by atoms with Crippen molar-refractivity contribution in [3.8, 4) is 0 Å². The lowest BCUT2D eigenvalue weighted by atomic mass is 9.99. The molecule has 2 N–H and O–H groups in total. The van der Waals surface area contributed by atoms with Gasteiger partial charge in [0.25, 0.3) is 0 Å². The molecular weight excluding hydrogens is 267 g/mol. The molecule has 1 aromatic rings. The molecule has 0 aromatic heterocycles. The van der Waals surface area contributed by atoms with E-state index in [1.807, 2.05) is 7.05 Å². The summed E-state index contributed by atoms with van der Waals surface area (Å²) < 4.78 is 37.9. The zero-order valence-corrected chi connectivity index (χ0v) is 12.0. The highest BCUT2D eigenvalue weighted by atomic mass is 19.4. The van der Waals surface area contributed by atoms with Gasteiger partial charge in [-0.15, -0.1) is 0 Å². The highest BCUT2D eigenvalue weighted by Gasteiger charge is 2.34. The van der Waals surface area contributed by atoms with Crippen LogP contribution in [0.15, 0.2) is 18.2 Å². The van der Waals surface area contributed by atoms with Crippen LogP contribution in [-0.2, 0) is 6.18 Å². The van der Waals surface area contributed by atoms with E-state index >= 15 is 0 Å². The van der Waals surface area contributed by atoms with Gasteiger partial charge in [-0.1, -0.05) is 0 Å². The maximum atomic E-state index is 12.6. The summed E-state index contributed by atoms with van der Waals surface area (Å²) in [4.78, 5) is 4.29. The number of halogens is 3. The molecule has 0 atom stereocenters. The molecule has 0 amide bonds. The molecule has 0 unspecified atom stereocenters. The second kappa shape index (κ2) is 4.84. The fraction of sp³-hybridized carbons (Fsp3) is 0.571. The molecule has 0 radical (unpaired) electrons. The Balaban J connectivity index is 2.26. The smallest absolute Gasteiger partial charge is 0.397 e. The van der Waals surface area contributed by atoms with Crippen molar-refractivity contribution in [3.05, 3.63) is 23.8 Å². The normalized spacial score (nSPS) is 20.2. The molecular formula is C14H20F3N3. The molecule has 0 spiro atoms. The minimum Gasteiger partial charge on any atom is -0.397 e. The van der Waals surface area contributed by atoms with Crippen molar-refractivity contribution in [2.24, 2.45) is 0 Å². The van der Waals surface area contributed by atoms with Crippen molar-refractivity contribution >= 4 is 11.4 Å². The fourth-order valence-electron chi connectivity index (χ4n) is 2.46. The van der Waals surface area contributed by atoms with E-state index in [-0.39, 0.29) is 11.2 Å². The van der Waals surface area contributed by atoms with Crippen LogP contribution in [0.25, 0.3) is 0 Å². The van der Waals surface area contributed by atoms with Gasteiger partial charge in [-0.25, -0.2) is 0 Å². The van der Waals surface area contributed by atoms with Gasteiger partial charge in [0.1, 0.15) is 0 Å². The Hall–Kier alpha value is -1.43. The second-order valence-corrected chi connectivity index (χ2v) is 5.93. The van der Waals surface area contributed by atoms with E-state index in [1.165, 1.54) is 6.07 Å². The van der Waals surface area contributed by atoms with Crippen LogP contribution in [0.3, 0.4) is 0 Å². The van der Waals surface area contributed by atoms with Gasteiger partial charge >= 0.3 is 6.18 Å². The lowest BCUT2D eigenvalue weighted by Crippen LogP contribution is -2.57. The Kier molecular flexibility index (Phi) is 3.62. The number of rotatable bonds is 1. The summed E-state index contributed by atoms with van der Waals surface area (Å²) in [5.74, 6) is 0. The highest BCUT2D eigenvalue weighted by Crippen LogP contribution is 2.35. The second-order valence-electron chi connectivity index (χ2n) is 5.93. The zero-order valence-electron chi connectivity index (χ0n) is 12.0. The molecule has 2 rings (SSSR count). The third kappa shape index (κ3) is 2.85. The first-order chi connectivity index (χ1) is 9.11. The zero-order chi connectivity index (χ0) is 15.1. The summed E-state index contributed by atoms with van der Waals surface area (Å²) in [5, 5.41) is 0. The van der Waals surface area contributed by atoms with E-state index in [0.29, 0.717) is 5.69 Å². The molecule has 1 fully saturated rings. The van der Waals surface area contributed by atoms with Gasteiger partial charge in [0.2, 0.25) is 0 Å². The first kappa shape index (κ1) is 15.0. The molecule has 1 saturated heterocycles. The number of nitrogens with zero attached hydrogens (tertiary/aromatic N) is 2. The quantitative estimate of drug-likeness (QED) is 0.806. The van der Waals surface area contributed by atoms with Crippen molar-refractivity contribution in [2.45, 2.75) is 25.6 Å². The number of anilines is 2. The average molecular weight is 287 g/mol. The Labute approximate surface area is 117 Å². The van der Waals surface area contributed by atoms with Crippen LogP contribution in [0.4, 0.5) is 24.5 Å². The third-order valence-electron chi connectivity index (χ3n) is 4.01. The molecule has 6 heteroatoms. The van der Waals surface area contributed by atoms with Gasteiger partial charge in [0, 0.05) is 25.2 Å². The number of nitrogens with two attached hydrogens (primary N) is 1. The van der Waals surface area contributed by atoms with Crippen molar-refractivity contribution in [3.63, 3.8) is 0 Å². The molecule has 3 nitrogen and oxygen atoms in total. The van der Waals surface area contributed by atoms with E-state index in [9.17, 15) is 13.2 Å². The number of hydrogen-bond acceptors (Lipinski definition) is 3. The Morgan fingerprint density at radius 2 is 1.85 bits per heavy atom. The number of hydrogen-bond donors (Lipinski definition) is 1. The number of likely N-dealkylation sites (N-methyl/N-ethyl adjacent to an activating group) is 1. The summed E-state index contributed by atoms with van der Waals surface area (Å²) in [7, 11) is 2.05. The number of alkyl halides is 3. The van der Waals surface area contributed by atoms with E-state index < -0.39 is 11.7 Å². The maximum absolute atomic E-state index is 12.6. The Morgan fingerprint density at radius 3 is 2.35 bits per heavy atom. The molecule has 0 aliphatic carbocycles. The largest absolute Gasteiger partial charge is 0.416 e. The SMILES string of the molecule is CN1CCN(c2ccc(C(F)(F)F)cc2N)CC1(C)C. The van der Waals surface area contributed by atoms with Crippen molar-refractivity contribution in [1.82, 2.24) is 4.90 Å². The number of benzene rings is 1. The van der Waals surface area contributed by atoms with Crippen LogP contribution < -0.4 is 10.6 Å². The average Bonchev–Trinajstić information content (AvgIpc) is 2.31. The standard InChI is InChI=1S/C14H20F3N3/c1-13(2)9-20(7-6-19(13)3)12-5-4-10(8-11(12)18)14(15,16)17/h4-5,8H,6-7,9,18H2,1-3H3. The predicted octanol–water partition coefficient (Wildman–Crippen LogP) is 2.82. The highest BCUT2D eigenvalue weighted by molar-refractivity contribution is 5.69. The Bertz CT molecular complexity index is 497. The molecule has 1 aromatic carbocycles. The van der Waals surface area contributed by atoms with Crippen molar-refractivity contribution < 1.29 is 13.2 Å². The lowest BCUT2D eigenvalue weighted by Gasteiger charge is -2.46. The number of piperazine rings is 1. The van der Waals surface area contributed by atoms with E-state index in [1.54, 1.807) is 0 Å². The fourth-order valence-corrected chi connectivity index (χ4v) is 2.46.